The number of fused-ring (bicyclic) bond motifs is 1. The number of hydrogen-bond acceptors (Lipinski definition) is 3. The Morgan fingerprint density at radius 2 is 1.71 bits per heavy atom. The number of carbonyl (C=O) groups is 1. The van der Waals surface area contributed by atoms with Gasteiger partial charge in [-0.2, -0.15) is 0 Å². The molecule has 3 aromatic rings. The summed E-state index contributed by atoms with van der Waals surface area (Å²) >= 11 is 6.10. The maximum Gasteiger partial charge on any atom is 0.264 e. The Morgan fingerprint density at radius 3 is 2.41 bits per heavy atom. The lowest BCUT2D eigenvalue weighted by atomic mass is 9.89. The van der Waals surface area contributed by atoms with Crippen molar-refractivity contribution in [1.82, 2.24) is 5.32 Å². The molecule has 0 fully saturated rings. The molecule has 1 amide bonds. The Labute approximate surface area is 206 Å². The van der Waals surface area contributed by atoms with Crippen LogP contribution in [0.15, 0.2) is 71.6 Å². The van der Waals surface area contributed by atoms with E-state index in [9.17, 15) is 13.2 Å². The van der Waals surface area contributed by atoms with Crippen molar-refractivity contribution >= 4 is 33.2 Å². The third-order valence-corrected chi connectivity index (χ3v) is 8.31. The molecule has 0 aromatic heterocycles. The number of halogens is 1. The Bertz CT molecular complexity index is 1290. The third kappa shape index (κ3) is 5.29. The van der Waals surface area contributed by atoms with Crippen LogP contribution >= 0.6 is 11.6 Å². The summed E-state index contributed by atoms with van der Waals surface area (Å²) in [6, 6.07) is 19.2. The van der Waals surface area contributed by atoms with Crippen LogP contribution in [0.5, 0.6) is 0 Å². The van der Waals surface area contributed by atoms with Crippen molar-refractivity contribution in [2.24, 2.45) is 0 Å². The Morgan fingerprint density at radius 1 is 1.00 bits per heavy atom. The zero-order valence-electron chi connectivity index (χ0n) is 19.4. The predicted molar refractivity (Wildman–Crippen MR) is 137 cm³/mol. The van der Waals surface area contributed by atoms with Gasteiger partial charge in [0.15, 0.2) is 0 Å². The Balaban J connectivity index is 1.59. The van der Waals surface area contributed by atoms with E-state index in [2.05, 4.69) is 23.5 Å². The number of sulfonamides is 1. The van der Waals surface area contributed by atoms with E-state index < -0.39 is 10.0 Å². The summed E-state index contributed by atoms with van der Waals surface area (Å²) in [6.45, 7) is 3.36. The molecule has 0 spiro atoms. The minimum Gasteiger partial charge on any atom is -0.348 e. The second-order valence-corrected chi connectivity index (χ2v) is 11.1. The molecule has 3 aromatic carbocycles. The average Bonchev–Trinajstić information content (AvgIpc) is 2.83. The molecule has 1 aliphatic rings. The molecule has 0 heterocycles. The van der Waals surface area contributed by atoms with Crippen molar-refractivity contribution in [3.63, 3.8) is 0 Å². The monoisotopic (exact) mass is 496 g/mol. The minimum absolute atomic E-state index is 0.125. The summed E-state index contributed by atoms with van der Waals surface area (Å²) in [4.78, 5) is 13.2. The van der Waals surface area contributed by atoms with Gasteiger partial charge in [-0.25, -0.2) is 8.42 Å². The molecule has 4 rings (SSSR count). The highest BCUT2D eigenvalue weighted by atomic mass is 35.5. The molecule has 0 saturated heterocycles. The lowest BCUT2D eigenvalue weighted by molar-refractivity contribution is -0.120. The van der Waals surface area contributed by atoms with E-state index in [4.69, 9.17) is 11.6 Å². The lowest BCUT2D eigenvalue weighted by Crippen LogP contribution is -2.42. The van der Waals surface area contributed by atoms with Crippen molar-refractivity contribution in [1.29, 1.82) is 0 Å². The molecule has 1 N–H and O–H groups in total. The molecule has 0 saturated carbocycles. The van der Waals surface area contributed by atoms with E-state index in [0.29, 0.717) is 16.3 Å². The zero-order valence-corrected chi connectivity index (χ0v) is 21.0. The lowest BCUT2D eigenvalue weighted by Gasteiger charge is -2.27. The van der Waals surface area contributed by atoms with Gasteiger partial charge in [0, 0.05) is 5.02 Å². The van der Waals surface area contributed by atoms with Crippen LogP contribution < -0.4 is 9.62 Å². The molecule has 7 heteroatoms. The summed E-state index contributed by atoms with van der Waals surface area (Å²) in [5, 5.41) is 3.49. The van der Waals surface area contributed by atoms with Gasteiger partial charge >= 0.3 is 0 Å². The van der Waals surface area contributed by atoms with Gasteiger partial charge in [0.25, 0.3) is 10.0 Å². The van der Waals surface area contributed by atoms with Crippen molar-refractivity contribution in [2.75, 3.05) is 10.8 Å². The standard InChI is InChI=1S/C27H29ClN2O3S/c1-19-16-24(28)14-15-26(19)30(34(32,33)25-10-4-3-5-11-25)18-27(31)29-20(2)22-13-12-21-8-6-7-9-23(21)17-22/h3-5,10-17,20H,6-9,18H2,1-2H3,(H,29,31)/t20-/m0/s1. The molecule has 0 unspecified atom stereocenters. The molecule has 178 valence electrons. The predicted octanol–water partition coefficient (Wildman–Crippen LogP) is 5.60. The van der Waals surface area contributed by atoms with Crippen molar-refractivity contribution in [2.45, 2.75) is 50.5 Å². The van der Waals surface area contributed by atoms with Crippen LogP contribution in [0.4, 0.5) is 5.69 Å². The summed E-state index contributed by atoms with van der Waals surface area (Å²) in [6.07, 6.45) is 4.56. The topological polar surface area (TPSA) is 66.5 Å². The van der Waals surface area contributed by atoms with Crippen molar-refractivity contribution < 1.29 is 13.2 Å². The number of carbonyl (C=O) groups excluding carboxylic acids is 1. The number of nitrogens with zero attached hydrogens (tertiary/aromatic N) is 1. The highest BCUT2D eigenvalue weighted by Crippen LogP contribution is 2.29. The van der Waals surface area contributed by atoms with Gasteiger partial charge in [-0.1, -0.05) is 48.0 Å². The summed E-state index contributed by atoms with van der Waals surface area (Å²) < 4.78 is 28.2. The summed E-state index contributed by atoms with van der Waals surface area (Å²) in [5.41, 5.74) is 4.84. The van der Waals surface area contributed by atoms with E-state index in [1.165, 1.54) is 36.1 Å². The van der Waals surface area contributed by atoms with Gasteiger partial charge in [0.2, 0.25) is 5.91 Å². The maximum absolute atomic E-state index is 13.5. The van der Waals surface area contributed by atoms with Crippen molar-refractivity contribution in [3.05, 3.63) is 94.0 Å². The maximum atomic E-state index is 13.5. The number of rotatable bonds is 7. The second kappa shape index (κ2) is 10.2. The molecular formula is C27H29ClN2O3S. The molecule has 0 bridgehead atoms. The van der Waals surface area contributed by atoms with Gasteiger partial charge in [0.1, 0.15) is 6.54 Å². The molecule has 1 atom stereocenters. The molecule has 34 heavy (non-hydrogen) atoms. The first-order chi connectivity index (χ1) is 16.3. The summed E-state index contributed by atoms with van der Waals surface area (Å²) in [7, 11) is -3.97. The third-order valence-electron chi connectivity index (χ3n) is 6.30. The van der Waals surface area contributed by atoms with Crippen LogP contribution in [0.2, 0.25) is 5.02 Å². The van der Waals surface area contributed by atoms with E-state index in [-0.39, 0.29) is 23.4 Å². The highest BCUT2D eigenvalue weighted by molar-refractivity contribution is 7.92. The largest absolute Gasteiger partial charge is 0.348 e. The fraction of sp³-hybridized carbons (Fsp3) is 0.296. The SMILES string of the molecule is Cc1cc(Cl)ccc1N(CC(=O)N[C@@H](C)c1ccc2c(c1)CCCC2)S(=O)(=O)c1ccccc1. The highest BCUT2D eigenvalue weighted by Gasteiger charge is 2.28. The van der Waals surface area contributed by atoms with Crippen LogP contribution in [0.25, 0.3) is 0 Å². The number of anilines is 1. The number of aryl methyl sites for hydroxylation is 3. The number of benzene rings is 3. The molecule has 1 aliphatic carbocycles. The fourth-order valence-electron chi connectivity index (χ4n) is 4.44. The molecular weight excluding hydrogens is 468 g/mol. The minimum atomic E-state index is -3.97. The second-order valence-electron chi connectivity index (χ2n) is 8.78. The quantitative estimate of drug-likeness (QED) is 0.463. The van der Waals surface area contributed by atoms with Crippen LogP contribution in [-0.4, -0.2) is 20.9 Å². The smallest absolute Gasteiger partial charge is 0.264 e. The van der Waals surface area contributed by atoms with Crippen LogP contribution in [0, 0.1) is 6.92 Å². The first-order valence-corrected chi connectivity index (χ1v) is 13.3. The van der Waals surface area contributed by atoms with E-state index >= 15 is 0 Å². The normalized spacial score (nSPS) is 14.2. The number of nitrogens with one attached hydrogen (secondary N) is 1. The number of amides is 1. The van der Waals surface area contributed by atoms with Gasteiger partial charge in [0.05, 0.1) is 16.6 Å². The van der Waals surface area contributed by atoms with Crippen LogP contribution in [-0.2, 0) is 27.7 Å². The Kier molecular flexibility index (Phi) is 7.29. The van der Waals surface area contributed by atoms with E-state index in [1.54, 1.807) is 43.3 Å². The van der Waals surface area contributed by atoms with E-state index in [0.717, 1.165) is 22.7 Å². The van der Waals surface area contributed by atoms with Crippen LogP contribution in [0.3, 0.4) is 0 Å². The summed E-state index contributed by atoms with van der Waals surface area (Å²) in [5.74, 6) is -0.376. The van der Waals surface area contributed by atoms with Gasteiger partial charge < -0.3 is 5.32 Å². The molecule has 5 nitrogen and oxygen atoms in total. The fourth-order valence-corrected chi connectivity index (χ4v) is 6.17. The Hall–Kier alpha value is -2.83. The average molecular weight is 497 g/mol. The first kappa shape index (κ1) is 24.3. The molecule has 0 radical (unpaired) electrons. The van der Waals surface area contributed by atoms with Gasteiger partial charge in [-0.15, -0.1) is 0 Å². The van der Waals surface area contributed by atoms with Crippen LogP contribution in [0.1, 0.15) is 48.1 Å². The van der Waals surface area contributed by atoms with Gasteiger partial charge in [-0.05, 0) is 92.1 Å². The first-order valence-electron chi connectivity index (χ1n) is 11.5. The number of hydrogen-bond donors (Lipinski definition) is 1. The van der Waals surface area contributed by atoms with Crippen molar-refractivity contribution in [3.8, 4) is 0 Å². The zero-order chi connectivity index (χ0) is 24.3. The van der Waals surface area contributed by atoms with E-state index in [1.807, 2.05) is 6.92 Å². The molecule has 0 aliphatic heterocycles. The van der Waals surface area contributed by atoms with Gasteiger partial charge in [-0.3, -0.25) is 9.10 Å².